The summed E-state index contributed by atoms with van der Waals surface area (Å²) in [7, 11) is 1.35. The Bertz CT molecular complexity index is 1050. The van der Waals surface area contributed by atoms with Gasteiger partial charge in [0.2, 0.25) is 0 Å². The normalized spacial score (nSPS) is 11.8. The van der Waals surface area contributed by atoms with E-state index in [4.69, 9.17) is 18.9 Å². The van der Waals surface area contributed by atoms with Crippen LogP contribution in [0.25, 0.3) is 0 Å². The molecule has 0 heterocycles. The minimum absolute atomic E-state index is 0.0435. The van der Waals surface area contributed by atoms with Crippen molar-refractivity contribution in [2.24, 2.45) is 0 Å². The third kappa shape index (κ3) is 5.57. The molecular formula is C20H24N2O8S. The fraction of sp³-hybridized carbons (Fsp3) is 0.300. The maximum absolute atomic E-state index is 12.9. The summed E-state index contributed by atoms with van der Waals surface area (Å²) in [6.07, 6.45) is -0.750. The molecule has 0 bridgehead atoms. The molecule has 10 nitrogen and oxygen atoms in total. The number of nitrogens with one attached hydrogen (secondary N) is 2. The van der Waals surface area contributed by atoms with Crippen LogP contribution in [0, 0.1) is 0 Å². The minimum Gasteiger partial charge on any atom is -0.493 e. The molecule has 0 radical (unpaired) electrons. The van der Waals surface area contributed by atoms with Crippen molar-refractivity contribution in [2.45, 2.75) is 17.9 Å². The first-order chi connectivity index (χ1) is 14.7. The number of sulfonamides is 1. The van der Waals surface area contributed by atoms with Gasteiger partial charge >= 0.3 is 5.97 Å². The highest BCUT2D eigenvalue weighted by atomic mass is 32.2. The van der Waals surface area contributed by atoms with Crippen molar-refractivity contribution in [1.29, 1.82) is 0 Å². The molecule has 0 saturated heterocycles. The van der Waals surface area contributed by atoms with E-state index in [-0.39, 0.29) is 33.6 Å². The highest BCUT2D eigenvalue weighted by molar-refractivity contribution is 7.92. The molecule has 0 aliphatic heterocycles. The van der Waals surface area contributed by atoms with Gasteiger partial charge in [-0.3, -0.25) is 9.52 Å². The lowest BCUT2D eigenvalue weighted by molar-refractivity contribution is -0.126. The van der Waals surface area contributed by atoms with Crippen LogP contribution >= 0.6 is 0 Å². The molecule has 2 aromatic carbocycles. The summed E-state index contributed by atoms with van der Waals surface area (Å²) in [4.78, 5) is 23.6. The van der Waals surface area contributed by atoms with E-state index < -0.39 is 22.1 Å². The van der Waals surface area contributed by atoms with Gasteiger partial charge < -0.3 is 24.3 Å². The Balaban J connectivity index is 2.35. The first-order valence-electron chi connectivity index (χ1n) is 9.02. The SMILES string of the molecule is CNC(=O)[C@H](C)Oc1ccc(S(=O)(=O)Nc2cc(OC)c(OC)cc2C(=O)OC)cc1. The number of hydrogen-bond donors (Lipinski definition) is 2. The fourth-order valence-electron chi connectivity index (χ4n) is 2.60. The largest absolute Gasteiger partial charge is 0.493 e. The van der Waals surface area contributed by atoms with Crippen molar-refractivity contribution in [1.82, 2.24) is 5.32 Å². The number of carbonyl (C=O) groups excluding carboxylic acids is 2. The number of likely N-dealkylation sites (N-methyl/N-ethyl adjacent to an activating group) is 1. The maximum Gasteiger partial charge on any atom is 0.340 e. The molecule has 31 heavy (non-hydrogen) atoms. The van der Waals surface area contributed by atoms with Gasteiger partial charge in [-0.25, -0.2) is 13.2 Å². The molecule has 0 aromatic heterocycles. The van der Waals surface area contributed by atoms with Crippen molar-refractivity contribution >= 4 is 27.6 Å². The Morgan fingerprint density at radius 2 is 1.55 bits per heavy atom. The average molecular weight is 452 g/mol. The van der Waals surface area contributed by atoms with Gasteiger partial charge in [0.25, 0.3) is 15.9 Å². The van der Waals surface area contributed by atoms with Crippen LogP contribution in [-0.2, 0) is 19.6 Å². The number of ether oxygens (including phenoxy) is 4. The molecule has 1 atom stereocenters. The Labute approximate surface area is 180 Å². The predicted molar refractivity (Wildman–Crippen MR) is 112 cm³/mol. The van der Waals surface area contributed by atoms with Crippen molar-refractivity contribution in [3.63, 3.8) is 0 Å². The number of anilines is 1. The van der Waals surface area contributed by atoms with E-state index in [0.29, 0.717) is 5.75 Å². The zero-order valence-corrected chi connectivity index (χ0v) is 18.5. The third-order valence-electron chi connectivity index (χ3n) is 4.24. The predicted octanol–water partition coefficient (Wildman–Crippen LogP) is 1.80. The highest BCUT2D eigenvalue weighted by Gasteiger charge is 2.23. The van der Waals surface area contributed by atoms with Gasteiger partial charge in [0.1, 0.15) is 5.75 Å². The number of rotatable bonds is 9. The van der Waals surface area contributed by atoms with Crippen molar-refractivity contribution in [2.75, 3.05) is 33.1 Å². The van der Waals surface area contributed by atoms with Gasteiger partial charge in [-0.2, -0.15) is 0 Å². The van der Waals surface area contributed by atoms with E-state index in [1.165, 1.54) is 64.8 Å². The summed E-state index contributed by atoms with van der Waals surface area (Å²) in [6, 6.07) is 8.11. The van der Waals surface area contributed by atoms with Crippen LogP contribution in [0.15, 0.2) is 41.3 Å². The lowest BCUT2D eigenvalue weighted by Gasteiger charge is -2.16. The summed E-state index contributed by atoms with van der Waals surface area (Å²) in [5.41, 5.74) is -0.0962. The van der Waals surface area contributed by atoms with Crippen LogP contribution < -0.4 is 24.2 Å². The first-order valence-corrected chi connectivity index (χ1v) is 10.5. The number of methoxy groups -OCH3 is 3. The standard InChI is InChI=1S/C20H24N2O8S/c1-12(19(23)21-2)30-13-6-8-14(9-7-13)31(25,26)22-16-11-18(28-4)17(27-3)10-15(16)20(24)29-5/h6-12,22H,1-5H3,(H,21,23)/t12-/m0/s1. The van der Waals surface area contributed by atoms with Gasteiger partial charge in [0.05, 0.1) is 37.5 Å². The van der Waals surface area contributed by atoms with Gasteiger partial charge in [0, 0.05) is 19.2 Å². The highest BCUT2D eigenvalue weighted by Crippen LogP contribution is 2.35. The Kier molecular flexibility index (Phi) is 7.70. The van der Waals surface area contributed by atoms with Crippen molar-refractivity contribution in [3.05, 3.63) is 42.0 Å². The van der Waals surface area contributed by atoms with E-state index in [9.17, 15) is 18.0 Å². The van der Waals surface area contributed by atoms with Crippen LogP contribution in [0.4, 0.5) is 5.69 Å². The zero-order chi connectivity index (χ0) is 23.2. The molecule has 0 saturated carbocycles. The van der Waals surface area contributed by atoms with Crippen LogP contribution in [0.2, 0.25) is 0 Å². The summed E-state index contributed by atoms with van der Waals surface area (Å²) >= 11 is 0. The van der Waals surface area contributed by atoms with Gasteiger partial charge in [-0.15, -0.1) is 0 Å². The second-order valence-corrected chi connectivity index (χ2v) is 7.88. The molecule has 0 spiro atoms. The second kappa shape index (κ2) is 10.0. The van der Waals surface area contributed by atoms with Crippen LogP contribution in [0.1, 0.15) is 17.3 Å². The molecule has 0 aliphatic carbocycles. The van der Waals surface area contributed by atoms with E-state index in [2.05, 4.69) is 10.0 Å². The van der Waals surface area contributed by atoms with Gasteiger partial charge in [-0.05, 0) is 31.2 Å². The Hall–Kier alpha value is -3.47. The quantitative estimate of drug-likeness (QED) is 0.551. The van der Waals surface area contributed by atoms with Crippen LogP contribution in [0.5, 0.6) is 17.2 Å². The molecule has 2 N–H and O–H groups in total. The Morgan fingerprint density at radius 1 is 0.968 bits per heavy atom. The summed E-state index contributed by atoms with van der Waals surface area (Å²) < 4.78 is 48.6. The van der Waals surface area contributed by atoms with E-state index >= 15 is 0 Å². The van der Waals surface area contributed by atoms with Crippen molar-refractivity contribution < 1.29 is 37.0 Å². The van der Waals surface area contributed by atoms with Gasteiger partial charge in [-0.1, -0.05) is 0 Å². The molecule has 1 amide bonds. The lowest BCUT2D eigenvalue weighted by atomic mass is 10.1. The molecule has 2 aromatic rings. The first kappa shape index (κ1) is 23.8. The average Bonchev–Trinajstić information content (AvgIpc) is 2.77. The summed E-state index contributed by atoms with van der Waals surface area (Å²) in [5.74, 6) is -0.304. The van der Waals surface area contributed by atoms with E-state index in [1.54, 1.807) is 6.92 Å². The fourth-order valence-corrected chi connectivity index (χ4v) is 3.67. The lowest BCUT2D eigenvalue weighted by Crippen LogP contribution is -2.33. The van der Waals surface area contributed by atoms with Crippen LogP contribution in [-0.4, -0.2) is 54.8 Å². The molecule has 11 heteroatoms. The second-order valence-electron chi connectivity index (χ2n) is 6.20. The van der Waals surface area contributed by atoms with Gasteiger partial charge in [0.15, 0.2) is 17.6 Å². The third-order valence-corrected chi connectivity index (χ3v) is 5.62. The minimum atomic E-state index is -4.08. The maximum atomic E-state index is 12.9. The van der Waals surface area contributed by atoms with Crippen molar-refractivity contribution in [3.8, 4) is 17.2 Å². The molecule has 0 fully saturated rings. The molecule has 2 rings (SSSR count). The summed E-state index contributed by atoms with van der Waals surface area (Å²) in [6.45, 7) is 1.57. The number of carbonyl (C=O) groups is 2. The zero-order valence-electron chi connectivity index (χ0n) is 17.7. The summed E-state index contributed by atoms with van der Waals surface area (Å²) in [5, 5.41) is 2.46. The number of benzene rings is 2. The number of amides is 1. The van der Waals surface area contributed by atoms with E-state index in [1.807, 2.05) is 0 Å². The monoisotopic (exact) mass is 452 g/mol. The molecule has 0 aliphatic rings. The number of esters is 1. The number of hydrogen-bond acceptors (Lipinski definition) is 8. The van der Waals surface area contributed by atoms with Crippen LogP contribution in [0.3, 0.4) is 0 Å². The molecule has 0 unspecified atom stereocenters. The molecule has 168 valence electrons. The topological polar surface area (TPSA) is 129 Å². The van der Waals surface area contributed by atoms with E-state index in [0.717, 1.165) is 0 Å². The molecular weight excluding hydrogens is 428 g/mol. The Morgan fingerprint density at radius 3 is 2.06 bits per heavy atom. The smallest absolute Gasteiger partial charge is 0.340 e.